The van der Waals surface area contributed by atoms with Crippen molar-refractivity contribution in [2.45, 2.75) is 39.3 Å². The van der Waals surface area contributed by atoms with Gasteiger partial charge in [-0.3, -0.25) is 9.88 Å². The first kappa shape index (κ1) is 17.3. The Labute approximate surface area is 148 Å². The quantitative estimate of drug-likeness (QED) is 0.644. The molecular weight excluding hydrogens is 312 g/mol. The average molecular weight is 336 g/mol. The highest BCUT2D eigenvalue weighted by atomic mass is 16.5. The van der Waals surface area contributed by atoms with Crippen LogP contribution in [0.25, 0.3) is 11.4 Å². The van der Waals surface area contributed by atoms with E-state index in [9.17, 15) is 0 Å². The number of aromatic nitrogens is 3. The van der Waals surface area contributed by atoms with Crippen molar-refractivity contribution in [2.24, 2.45) is 0 Å². The minimum absolute atomic E-state index is 0.294. The molecule has 0 spiro atoms. The van der Waals surface area contributed by atoms with Crippen LogP contribution in [-0.4, -0.2) is 27.1 Å². The molecule has 0 saturated carbocycles. The smallest absolute Gasteiger partial charge is 0.241 e. The molecule has 0 N–H and O–H groups in total. The maximum atomic E-state index is 5.46. The van der Waals surface area contributed by atoms with E-state index in [0.29, 0.717) is 24.3 Å². The molecule has 1 unspecified atom stereocenters. The van der Waals surface area contributed by atoms with Gasteiger partial charge in [-0.25, -0.2) is 0 Å². The first-order valence-electron chi connectivity index (χ1n) is 8.73. The number of nitrogens with zero attached hydrogens (tertiary/aromatic N) is 4. The Morgan fingerprint density at radius 2 is 1.76 bits per heavy atom. The normalized spacial score (nSPS) is 12.5. The summed E-state index contributed by atoms with van der Waals surface area (Å²) in [6.45, 7) is 4.93. The molecule has 1 atom stereocenters. The predicted octanol–water partition coefficient (Wildman–Crippen LogP) is 4.28. The van der Waals surface area contributed by atoms with E-state index in [2.05, 4.69) is 65.2 Å². The first-order valence-corrected chi connectivity index (χ1v) is 8.73. The fourth-order valence-corrected chi connectivity index (χ4v) is 3.04. The first-order chi connectivity index (χ1) is 12.2. The van der Waals surface area contributed by atoms with E-state index in [-0.39, 0.29) is 0 Å². The highest BCUT2D eigenvalue weighted by molar-refractivity contribution is 5.54. The number of rotatable bonds is 7. The second-order valence-corrected chi connectivity index (χ2v) is 6.18. The van der Waals surface area contributed by atoms with Crippen LogP contribution in [0.5, 0.6) is 0 Å². The van der Waals surface area contributed by atoms with E-state index in [1.165, 1.54) is 11.1 Å². The van der Waals surface area contributed by atoms with E-state index in [1.807, 2.05) is 24.5 Å². The van der Waals surface area contributed by atoms with Crippen molar-refractivity contribution in [1.29, 1.82) is 0 Å². The van der Waals surface area contributed by atoms with Crippen molar-refractivity contribution in [1.82, 2.24) is 20.0 Å². The number of benzene rings is 1. The monoisotopic (exact) mass is 336 g/mol. The lowest BCUT2D eigenvalue weighted by molar-refractivity contribution is 0.199. The minimum atomic E-state index is 0.294. The van der Waals surface area contributed by atoms with E-state index in [1.54, 1.807) is 0 Å². The molecule has 0 radical (unpaired) electrons. The summed E-state index contributed by atoms with van der Waals surface area (Å²) >= 11 is 0. The van der Waals surface area contributed by atoms with E-state index in [0.717, 1.165) is 18.4 Å². The summed E-state index contributed by atoms with van der Waals surface area (Å²) < 4.78 is 5.46. The Morgan fingerprint density at radius 1 is 1.04 bits per heavy atom. The van der Waals surface area contributed by atoms with Crippen LogP contribution < -0.4 is 0 Å². The second kappa shape index (κ2) is 8.03. The van der Waals surface area contributed by atoms with Gasteiger partial charge in [-0.1, -0.05) is 43.3 Å². The van der Waals surface area contributed by atoms with Crippen molar-refractivity contribution >= 4 is 0 Å². The highest BCUT2D eigenvalue weighted by Crippen LogP contribution is 2.24. The molecule has 0 amide bonds. The molecule has 0 aliphatic rings. The molecule has 3 rings (SSSR count). The van der Waals surface area contributed by atoms with Crippen LogP contribution in [0.1, 0.15) is 43.3 Å². The minimum Gasteiger partial charge on any atom is -0.338 e. The van der Waals surface area contributed by atoms with Crippen LogP contribution in [0.15, 0.2) is 53.3 Å². The van der Waals surface area contributed by atoms with E-state index < -0.39 is 0 Å². The predicted molar refractivity (Wildman–Crippen MR) is 97.8 cm³/mol. The summed E-state index contributed by atoms with van der Waals surface area (Å²) in [4.78, 5) is 10.9. The molecule has 5 heteroatoms. The van der Waals surface area contributed by atoms with E-state index >= 15 is 0 Å². The van der Waals surface area contributed by atoms with Gasteiger partial charge < -0.3 is 4.52 Å². The van der Waals surface area contributed by atoms with Crippen molar-refractivity contribution < 1.29 is 4.52 Å². The number of pyridine rings is 1. The molecule has 25 heavy (non-hydrogen) atoms. The summed E-state index contributed by atoms with van der Waals surface area (Å²) in [6, 6.07) is 12.7. The zero-order chi connectivity index (χ0) is 17.6. The maximum Gasteiger partial charge on any atom is 0.241 e. The third kappa shape index (κ3) is 4.12. The fraction of sp³-hybridized carbons (Fsp3) is 0.350. The Kier molecular flexibility index (Phi) is 5.56. The molecule has 0 bridgehead atoms. The van der Waals surface area contributed by atoms with Crippen LogP contribution in [-0.2, 0) is 13.0 Å². The molecule has 1 aromatic carbocycles. The van der Waals surface area contributed by atoms with Gasteiger partial charge in [0.15, 0.2) is 0 Å². The Bertz CT molecular complexity index is 783. The SMILES string of the molecule is CCc1ccc(-c2noc(CN(C)C(CC)c3ccncc3)n2)cc1. The van der Waals surface area contributed by atoms with Crippen molar-refractivity contribution in [3.05, 3.63) is 65.8 Å². The van der Waals surface area contributed by atoms with Crippen LogP contribution in [0.3, 0.4) is 0 Å². The molecule has 2 heterocycles. The lowest BCUT2D eigenvalue weighted by atomic mass is 10.0. The Hall–Kier alpha value is -2.53. The largest absolute Gasteiger partial charge is 0.338 e. The molecule has 0 aliphatic carbocycles. The molecule has 130 valence electrons. The van der Waals surface area contributed by atoms with Gasteiger partial charge in [-0.15, -0.1) is 0 Å². The van der Waals surface area contributed by atoms with Gasteiger partial charge in [-0.05, 0) is 43.1 Å². The molecule has 3 aromatic rings. The van der Waals surface area contributed by atoms with Crippen LogP contribution in [0.4, 0.5) is 0 Å². The Balaban J connectivity index is 1.71. The lowest BCUT2D eigenvalue weighted by Crippen LogP contribution is -2.24. The van der Waals surface area contributed by atoms with Gasteiger partial charge in [0.25, 0.3) is 0 Å². The van der Waals surface area contributed by atoms with Gasteiger partial charge in [0, 0.05) is 24.0 Å². The summed E-state index contributed by atoms with van der Waals surface area (Å²) in [5.74, 6) is 1.27. The fourth-order valence-electron chi connectivity index (χ4n) is 3.04. The standard InChI is InChI=1S/C20H24N4O/c1-4-15-6-8-17(9-7-15)20-22-19(25-23-20)14-24(3)18(5-2)16-10-12-21-13-11-16/h6-13,18H,4-5,14H2,1-3H3. The lowest BCUT2D eigenvalue weighted by Gasteiger charge is -2.25. The summed E-state index contributed by atoms with van der Waals surface area (Å²) in [7, 11) is 2.08. The highest BCUT2D eigenvalue weighted by Gasteiger charge is 2.18. The van der Waals surface area contributed by atoms with Gasteiger partial charge in [-0.2, -0.15) is 4.98 Å². The van der Waals surface area contributed by atoms with Crippen molar-refractivity contribution in [3.8, 4) is 11.4 Å². The van der Waals surface area contributed by atoms with Crippen molar-refractivity contribution in [2.75, 3.05) is 7.05 Å². The van der Waals surface area contributed by atoms with Gasteiger partial charge in [0.1, 0.15) is 0 Å². The third-order valence-electron chi connectivity index (χ3n) is 4.48. The summed E-state index contributed by atoms with van der Waals surface area (Å²) in [5.41, 5.74) is 3.53. The second-order valence-electron chi connectivity index (χ2n) is 6.18. The molecule has 0 fully saturated rings. The van der Waals surface area contributed by atoms with Gasteiger partial charge in [0.05, 0.1) is 6.54 Å². The zero-order valence-electron chi connectivity index (χ0n) is 15.0. The van der Waals surface area contributed by atoms with Crippen LogP contribution in [0, 0.1) is 0 Å². The zero-order valence-corrected chi connectivity index (χ0v) is 15.0. The maximum absolute atomic E-state index is 5.46. The average Bonchev–Trinajstić information content (AvgIpc) is 3.12. The molecule has 0 saturated heterocycles. The number of hydrogen-bond donors (Lipinski definition) is 0. The molecule has 0 aliphatic heterocycles. The van der Waals surface area contributed by atoms with Gasteiger partial charge >= 0.3 is 0 Å². The van der Waals surface area contributed by atoms with Crippen LogP contribution in [0.2, 0.25) is 0 Å². The van der Waals surface area contributed by atoms with Crippen molar-refractivity contribution in [3.63, 3.8) is 0 Å². The molecule has 2 aromatic heterocycles. The van der Waals surface area contributed by atoms with Gasteiger partial charge in [0.2, 0.25) is 11.7 Å². The summed E-state index contributed by atoms with van der Waals surface area (Å²) in [5, 5.41) is 4.13. The topological polar surface area (TPSA) is 55.1 Å². The van der Waals surface area contributed by atoms with E-state index in [4.69, 9.17) is 4.52 Å². The van der Waals surface area contributed by atoms with Crippen LogP contribution >= 0.6 is 0 Å². The molecular formula is C20H24N4O. The Morgan fingerprint density at radius 3 is 2.40 bits per heavy atom. The molecule has 5 nitrogen and oxygen atoms in total. The number of hydrogen-bond acceptors (Lipinski definition) is 5. The summed E-state index contributed by atoms with van der Waals surface area (Å²) in [6.07, 6.45) is 5.68. The number of aryl methyl sites for hydroxylation is 1. The third-order valence-corrected chi connectivity index (χ3v) is 4.48.